The Morgan fingerprint density at radius 3 is 1.28 bits per heavy atom. The number of rotatable bonds is 2. The zero-order valence-corrected chi connectivity index (χ0v) is 24.7. The molecule has 7 heteroatoms. The first kappa shape index (κ1) is 27.8. The quantitative estimate of drug-likeness (QED) is 0.187. The van der Waals surface area contributed by atoms with E-state index in [2.05, 4.69) is 65.4 Å². The van der Waals surface area contributed by atoms with Crippen LogP contribution in [0.15, 0.2) is 151 Å². The number of pyridine rings is 4. The van der Waals surface area contributed by atoms with Gasteiger partial charge in [0.2, 0.25) is 0 Å². The molecule has 4 aromatic carbocycles. The van der Waals surface area contributed by atoms with E-state index in [1.165, 1.54) is 5.39 Å². The van der Waals surface area contributed by atoms with E-state index in [0.717, 1.165) is 59.8 Å². The largest absolute Gasteiger partial charge is 0.397 e. The first-order valence-corrected chi connectivity index (χ1v) is 14.5. The summed E-state index contributed by atoms with van der Waals surface area (Å²) in [7, 11) is 0. The summed E-state index contributed by atoms with van der Waals surface area (Å²) < 4.78 is 1.05. The average molecular weight is 624 g/mol. The number of anilines is 3. The molecule has 6 nitrogen and oxygen atoms in total. The normalized spacial score (nSPS) is 10.5. The van der Waals surface area contributed by atoms with Crippen molar-refractivity contribution in [2.24, 2.45) is 0 Å². The van der Waals surface area contributed by atoms with E-state index in [9.17, 15) is 0 Å². The lowest BCUT2D eigenvalue weighted by Gasteiger charge is -2.10. The molecule has 0 atom stereocenters. The number of nitrogen functional groups attached to an aromatic ring is 1. The van der Waals surface area contributed by atoms with Crippen molar-refractivity contribution in [3.8, 4) is 0 Å². The molecule has 0 aliphatic rings. The van der Waals surface area contributed by atoms with Crippen molar-refractivity contribution in [2.45, 2.75) is 0 Å². The molecule has 8 rings (SSSR count). The van der Waals surface area contributed by atoms with Gasteiger partial charge in [0.15, 0.2) is 0 Å². The number of halogens is 1. The molecule has 0 amide bonds. The zero-order chi connectivity index (χ0) is 29.4. The maximum atomic E-state index is 5.69. The van der Waals surface area contributed by atoms with Gasteiger partial charge in [-0.05, 0) is 64.5 Å². The van der Waals surface area contributed by atoms with Crippen molar-refractivity contribution in [3.63, 3.8) is 0 Å². The number of hydrogen-bond donors (Lipinski definition) is 2. The Kier molecular flexibility index (Phi) is 8.43. The second-order valence-electron chi connectivity index (χ2n) is 9.62. The fourth-order valence-corrected chi connectivity index (χ4v) is 5.23. The molecular weight excluding hydrogens is 596 g/mol. The third-order valence-electron chi connectivity index (χ3n) is 6.78. The summed E-state index contributed by atoms with van der Waals surface area (Å²) >= 11 is 3.43. The van der Waals surface area contributed by atoms with E-state index in [0.29, 0.717) is 0 Å². The van der Waals surface area contributed by atoms with Crippen LogP contribution in [0.5, 0.6) is 0 Å². The molecule has 4 aromatic heterocycles. The van der Waals surface area contributed by atoms with Crippen molar-refractivity contribution in [2.75, 3.05) is 11.1 Å². The lowest BCUT2D eigenvalue weighted by Crippen LogP contribution is -1.94. The predicted molar refractivity (Wildman–Crippen MR) is 182 cm³/mol. The number of aromatic nitrogens is 4. The third kappa shape index (κ3) is 6.42. The van der Waals surface area contributed by atoms with Crippen LogP contribution in [0.3, 0.4) is 0 Å². The van der Waals surface area contributed by atoms with Gasteiger partial charge >= 0.3 is 0 Å². The van der Waals surface area contributed by atoms with E-state index < -0.39 is 0 Å². The van der Waals surface area contributed by atoms with Crippen LogP contribution >= 0.6 is 15.9 Å². The number of nitrogens with two attached hydrogens (primary N) is 1. The van der Waals surface area contributed by atoms with Gasteiger partial charge in [-0.1, -0.05) is 72.8 Å². The summed E-state index contributed by atoms with van der Waals surface area (Å²) in [5.74, 6) is 0. The lowest BCUT2D eigenvalue weighted by atomic mass is 10.1. The highest BCUT2D eigenvalue weighted by Crippen LogP contribution is 2.28. The maximum absolute atomic E-state index is 5.69. The Labute approximate surface area is 257 Å². The molecule has 208 valence electrons. The van der Waals surface area contributed by atoms with Crippen molar-refractivity contribution >= 4 is 76.6 Å². The zero-order valence-electron chi connectivity index (χ0n) is 23.1. The van der Waals surface area contributed by atoms with Crippen LogP contribution in [0.2, 0.25) is 0 Å². The Bertz CT molecular complexity index is 1990. The molecule has 0 saturated carbocycles. The van der Waals surface area contributed by atoms with E-state index in [1.54, 1.807) is 12.4 Å². The molecule has 8 aromatic rings. The molecule has 0 aliphatic heterocycles. The molecule has 4 heterocycles. The first-order chi connectivity index (χ1) is 21.2. The van der Waals surface area contributed by atoms with Gasteiger partial charge < -0.3 is 11.1 Å². The van der Waals surface area contributed by atoms with Crippen LogP contribution in [-0.4, -0.2) is 19.9 Å². The molecular formula is C36H27BrN6. The number of nitrogens with one attached hydrogen (secondary N) is 1. The number of nitrogens with zero attached hydrogens (tertiary/aromatic N) is 4. The summed E-state index contributed by atoms with van der Waals surface area (Å²) in [4.78, 5) is 17.3. The summed E-state index contributed by atoms with van der Waals surface area (Å²) in [6, 6.07) is 40.0. The SMILES string of the molecule is Brc1cccc2cccnc12.Nc1cccc2cccnc12.c1cnc2c(Nc3cccc4cccnc34)cccc2c1. The van der Waals surface area contributed by atoms with Gasteiger partial charge in [0, 0.05) is 50.8 Å². The molecule has 0 radical (unpaired) electrons. The van der Waals surface area contributed by atoms with Gasteiger partial charge in [0.05, 0.1) is 39.1 Å². The van der Waals surface area contributed by atoms with Gasteiger partial charge in [-0.25, -0.2) is 0 Å². The highest BCUT2D eigenvalue weighted by molar-refractivity contribution is 9.10. The van der Waals surface area contributed by atoms with Gasteiger partial charge in [0.1, 0.15) is 0 Å². The van der Waals surface area contributed by atoms with E-state index in [1.807, 2.05) is 109 Å². The minimum atomic E-state index is 0.739. The molecule has 0 spiro atoms. The molecule has 3 N–H and O–H groups in total. The van der Waals surface area contributed by atoms with Crippen molar-refractivity contribution in [1.29, 1.82) is 0 Å². The Balaban J connectivity index is 0.000000126. The van der Waals surface area contributed by atoms with Crippen LogP contribution < -0.4 is 11.1 Å². The predicted octanol–water partition coefficient (Wildman–Crippen LogP) is 9.34. The van der Waals surface area contributed by atoms with Crippen LogP contribution in [0.4, 0.5) is 17.1 Å². The van der Waals surface area contributed by atoms with Crippen LogP contribution in [0, 0.1) is 0 Å². The number of para-hydroxylation sites is 4. The molecule has 0 unspecified atom stereocenters. The topological polar surface area (TPSA) is 89.6 Å². The van der Waals surface area contributed by atoms with Gasteiger partial charge in [-0.2, -0.15) is 0 Å². The fourth-order valence-electron chi connectivity index (χ4n) is 4.75. The Morgan fingerprint density at radius 1 is 0.419 bits per heavy atom. The van der Waals surface area contributed by atoms with Gasteiger partial charge in [-0.15, -0.1) is 0 Å². The highest BCUT2D eigenvalue weighted by atomic mass is 79.9. The summed E-state index contributed by atoms with van der Waals surface area (Å²) in [5.41, 5.74) is 12.3. The van der Waals surface area contributed by atoms with E-state index in [-0.39, 0.29) is 0 Å². The number of hydrogen-bond acceptors (Lipinski definition) is 6. The van der Waals surface area contributed by atoms with Crippen LogP contribution in [-0.2, 0) is 0 Å². The summed E-state index contributed by atoms with van der Waals surface area (Å²) in [6.45, 7) is 0. The van der Waals surface area contributed by atoms with Crippen molar-refractivity contribution < 1.29 is 0 Å². The smallest absolute Gasteiger partial charge is 0.0936 e. The van der Waals surface area contributed by atoms with E-state index in [4.69, 9.17) is 5.73 Å². The average Bonchev–Trinajstić information content (AvgIpc) is 3.06. The summed E-state index contributed by atoms with van der Waals surface area (Å²) in [6.07, 6.45) is 7.18. The fraction of sp³-hybridized carbons (Fsp3) is 0. The Morgan fingerprint density at radius 2 is 0.791 bits per heavy atom. The summed E-state index contributed by atoms with van der Waals surface area (Å²) in [5, 5.41) is 7.97. The third-order valence-corrected chi connectivity index (χ3v) is 7.42. The molecule has 43 heavy (non-hydrogen) atoms. The monoisotopic (exact) mass is 622 g/mol. The van der Waals surface area contributed by atoms with E-state index >= 15 is 0 Å². The lowest BCUT2D eigenvalue weighted by molar-refractivity contribution is 1.39. The second-order valence-corrected chi connectivity index (χ2v) is 10.5. The van der Waals surface area contributed by atoms with Gasteiger partial charge in [0.25, 0.3) is 0 Å². The van der Waals surface area contributed by atoms with Crippen molar-refractivity contribution in [1.82, 2.24) is 19.9 Å². The molecule has 0 saturated heterocycles. The number of fused-ring (bicyclic) bond motifs is 4. The maximum Gasteiger partial charge on any atom is 0.0936 e. The minimum Gasteiger partial charge on any atom is -0.397 e. The highest BCUT2D eigenvalue weighted by Gasteiger charge is 2.05. The molecule has 0 fully saturated rings. The van der Waals surface area contributed by atoms with Crippen molar-refractivity contribution in [3.05, 3.63) is 151 Å². The number of benzene rings is 4. The molecule has 0 aliphatic carbocycles. The van der Waals surface area contributed by atoms with Crippen LogP contribution in [0.25, 0.3) is 43.6 Å². The van der Waals surface area contributed by atoms with Crippen LogP contribution in [0.1, 0.15) is 0 Å². The van der Waals surface area contributed by atoms with Gasteiger partial charge in [-0.3, -0.25) is 19.9 Å². The standard InChI is InChI=1S/C18H13N3.C9H6BrN.C9H8N2/c1-5-13-7-3-11-19-17(13)15(9-1)21-16-10-2-6-14-8-4-12-20-18(14)16;2*10-8-5-1-3-7-4-2-6-11-9(7)8/h1-12,21H;1-6H;1-6H,10H2. The Hall–Kier alpha value is -5.40. The first-order valence-electron chi connectivity index (χ1n) is 13.7. The second kappa shape index (κ2) is 13.1. The molecule has 0 bridgehead atoms. The minimum absolute atomic E-state index is 0.739.